The van der Waals surface area contributed by atoms with E-state index in [-0.39, 0.29) is 19.0 Å². The molecule has 0 spiro atoms. The van der Waals surface area contributed by atoms with Gasteiger partial charge in [-0.25, -0.2) is 9.59 Å². The molecule has 0 saturated heterocycles. The van der Waals surface area contributed by atoms with Crippen LogP contribution < -0.4 is 15.0 Å². The smallest absolute Gasteiger partial charge is 0.406 e. The Hall–Kier alpha value is -2.77. The largest absolute Gasteiger partial charge is 0.476 e. The van der Waals surface area contributed by atoms with Crippen molar-refractivity contribution in [2.75, 3.05) is 32.2 Å². The maximum atomic E-state index is 12.6. The van der Waals surface area contributed by atoms with Crippen LogP contribution >= 0.6 is 0 Å². The molecule has 156 valence electrons. The van der Waals surface area contributed by atoms with Crippen molar-refractivity contribution in [2.24, 2.45) is 5.92 Å². The van der Waals surface area contributed by atoms with Gasteiger partial charge in [0.2, 0.25) is 0 Å². The Morgan fingerprint density at radius 2 is 1.79 bits per heavy atom. The molecule has 0 bridgehead atoms. The fourth-order valence-corrected chi connectivity index (χ4v) is 2.38. The van der Waals surface area contributed by atoms with Crippen LogP contribution in [0.5, 0.6) is 5.75 Å². The molecule has 1 aliphatic rings. The average molecular weight is 394 g/mol. The number of alkyl carbamates (subject to hydrolysis) is 1. The highest BCUT2D eigenvalue weighted by molar-refractivity contribution is 6.03. The zero-order valence-corrected chi connectivity index (χ0v) is 17.6. The highest BCUT2D eigenvalue weighted by Crippen LogP contribution is 2.38. The SMILES string of the molecule is CC(C)C.COC(=O)NCCN1C(=O)C(C)(C)Oc2ccc(C(=O)OC)cc21. The second-order valence-electron chi connectivity index (χ2n) is 7.39. The minimum Gasteiger partial charge on any atom is -0.476 e. The summed E-state index contributed by atoms with van der Waals surface area (Å²) in [5.41, 5.74) is -0.294. The molecule has 0 unspecified atom stereocenters. The standard InChI is InChI=1S/C16H20N2O6.C4H10/c1-16(2)14(20)18(8-7-17-15(21)23-4)11-9-10(13(19)22-3)5-6-12(11)24-16;1-4(2)3/h5-6,9H,7-8H2,1-4H3,(H,17,21);4H,1-3H3. The molecule has 0 aliphatic carbocycles. The summed E-state index contributed by atoms with van der Waals surface area (Å²) in [7, 11) is 2.54. The van der Waals surface area contributed by atoms with E-state index in [0.29, 0.717) is 17.0 Å². The van der Waals surface area contributed by atoms with Gasteiger partial charge in [-0.3, -0.25) is 4.79 Å². The van der Waals surface area contributed by atoms with E-state index in [1.807, 2.05) is 0 Å². The number of methoxy groups -OCH3 is 2. The first-order chi connectivity index (χ1) is 13.0. The Labute approximate surface area is 166 Å². The number of benzene rings is 1. The normalized spacial score (nSPS) is 14.3. The van der Waals surface area contributed by atoms with Crippen LogP contribution in [0.3, 0.4) is 0 Å². The molecule has 1 aromatic rings. The molecule has 1 N–H and O–H groups in total. The second-order valence-corrected chi connectivity index (χ2v) is 7.39. The van der Waals surface area contributed by atoms with Crippen LogP contribution in [0.25, 0.3) is 0 Å². The molecule has 0 radical (unpaired) electrons. The van der Waals surface area contributed by atoms with Crippen molar-refractivity contribution in [3.8, 4) is 5.75 Å². The third-order valence-electron chi connectivity index (χ3n) is 3.59. The van der Waals surface area contributed by atoms with Crippen LogP contribution in [0, 0.1) is 5.92 Å². The Morgan fingerprint density at radius 1 is 1.18 bits per heavy atom. The first kappa shape index (κ1) is 23.3. The number of nitrogens with zero attached hydrogens (tertiary/aromatic N) is 1. The summed E-state index contributed by atoms with van der Waals surface area (Å²) in [6, 6.07) is 4.73. The number of carbonyl (C=O) groups is 3. The minimum absolute atomic E-state index is 0.191. The summed E-state index contributed by atoms with van der Waals surface area (Å²) in [6.07, 6.45) is -0.585. The number of rotatable bonds is 4. The monoisotopic (exact) mass is 394 g/mol. The molecule has 2 rings (SSSR count). The van der Waals surface area contributed by atoms with Gasteiger partial charge in [-0.1, -0.05) is 20.8 Å². The van der Waals surface area contributed by atoms with Gasteiger partial charge in [0.1, 0.15) is 5.75 Å². The number of fused-ring (bicyclic) bond motifs is 1. The maximum Gasteiger partial charge on any atom is 0.406 e. The van der Waals surface area contributed by atoms with E-state index in [2.05, 4.69) is 30.8 Å². The zero-order chi connectivity index (χ0) is 21.5. The number of hydrogen-bond donors (Lipinski definition) is 1. The van der Waals surface area contributed by atoms with Gasteiger partial charge in [0.05, 0.1) is 25.5 Å². The first-order valence-corrected chi connectivity index (χ1v) is 9.08. The van der Waals surface area contributed by atoms with E-state index in [0.717, 1.165) is 5.92 Å². The topological polar surface area (TPSA) is 94.2 Å². The van der Waals surface area contributed by atoms with Crippen LogP contribution in [0.4, 0.5) is 10.5 Å². The highest BCUT2D eigenvalue weighted by atomic mass is 16.5. The van der Waals surface area contributed by atoms with E-state index in [1.54, 1.807) is 26.0 Å². The van der Waals surface area contributed by atoms with Gasteiger partial charge in [0.15, 0.2) is 5.60 Å². The predicted molar refractivity (Wildman–Crippen MR) is 106 cm³/mol. The van der Waals surface area contributed by atoms with Crippen molar-refractivity contribution in [3.63, 3.8) is 0 Å². The van der Waals surface area contributed by atoms with Gasteiger partial charge < -0.3 is 24.4 Å². The zero-order valence-electron chi connectivity index (χ0n) is 17.6. The summed E-state index contributed by atoms with van der Waals surface area (Å²) in [4.78, 5) is 37.0. The lowest BCUT2D eigenvalue weighted by Crippen LogP contribution is -2.54. The van der Waals surface area contributed by atoms with Gasteiger partial charge in [-0.2, -0.15) is 0 Å². The molecule has 1 heterocycles. The van der Waals surface area contributed by atoms with Crippen molar-refractivity contribution in [1.29, 1.82) is 0 Å². The van der Waals surface area contributed by atoms with Gasteiger partial charge in [-0.15, -0.1) is 0 Å². The number of carbonyl (C=O) groups excluding carboxylic acids is 3. The molecule has 0 aromatic heterocycles. The average Bonchev–Trinajstić information content (AvgIpc) is 2.63. The van der Waals surface area contributed by atoms with Gasteiger partial charge in [0, 0.05) is 13.1 Å². The molecule has 1 aromatic carbocycles. The van der Waals surface area contributed by atoms with Crippen molar-refractivity contribution in [2.45, 2.75) is 40.2 Å². The van der Waals surface area contributed by atoms with Crippen LogP contribution in [-0.4, -0.2) is 50.9 Å². The highest BCUT2D eigenvalue weighted by Gasteiger charge is 2.41. The fourth-order valence-electron chi connectivity index (χ4n) is 2.38. The van der Waals surface area contributed by atoms with Crippen LogP contribution in [0.15, 0.2) is 18.2 Å². The Balaban J connectivity index is 0.000000892. The predicted octanol–water partition coefficient (Wildman–Crippen LogP) is 3.00. The summed E-state index contributed by atoms with van der Waals surface area (Å²) >= 11 is 0. The lowest BCUT2D eigenvalue weighted by molar-refractivity contribution is -0.132. The fraction of sp³-hybridized carbons (Fsp3) is 0.550. The number of ether oxygens (including phenoxy) is 3. The molecule has 1 aliphatic heterocycles. The number of amides is 2. The third kappa shape index (κ3) is 6.14. The van der Waals surface area contributed by atoms with E-state index in [4.69, 9.17) is 9.47 Å². The molecule has 0 fully saturated rings. The number of esters is 1. The Bertz CT molecular complexity index is 712. The lowest BCUT2D eigenvalue weighted by Gasteiger charge is -2.38. The summed E-state index contributed by atoms with van der Waals surface area (Å²) in [5, 5.41) is 2.52. The summed E-state index contributed by atoms with van der Waals surface area (Å²) in [5.74, 6) is 0.525. The van der Waals surface area contributed by atoms with Gasteiger partial charge >= 0.3 is 12.1 Å². The van der Waals surface area contributed by atoms with Gasteiger partial charge in [-0.05, 0) is 38.0 Å². The minimum atomic E-state index is -1.05. The Kier molecular flexibility index (Phi) is 8.28. The van der Waals surface area contributed by atoms with Gasteiger partial charge in [0.25, 0.3) is 5.91 Å². The maximum absolute atomic E-state index is 12.6. The molecule has 8 heteroatoms. The van der Waals surface area contributed by atoms with Crippen LogP contribution in [-0.2, 0) is 14.3 Å². The molecule has 0 atom stereocenters. The molecule has 0 saturated carbocycles. The molecular weight excluding hydrogens is 364 g/mol. The molecule has 2 amide bonds. The van der Waals surface area contributed by atoms with Crippen LogP contribution in [0.1, 0.15) is 45.0 Å². The van der Waals surface area contributed by atoms with E-state index in [1.165, 1.54) is 25.2 Å². The van der Waals surface area contributed by atoms with Crippen molar-refractivity contribution in [3.05, 3.63) is 23.8 Å². The quantitative estimate of drug-likeness (QED) is 0.789. The van der Waals surface area contributed by atoms with Crippen LogP contribution in [0.2, 0.25) is 0 Å². The summed E-state index contributed by atoms with van der Waals surface area (Å²) in [6.45, 7) is 10.2. The lowest BCUT2D eigenvalue weighted by atomic mass is 10.0. The molecule has 8 nitrogen and oxygen atoms in total. The number of nitrogens with one attached hydrogen (secondary N) is 1. The number of anilines is 1. The Morgan fingerprint density at radius 3 is 2.32 bits per heavy atom. The molecular formula is C20H30N2O6. The van der Waals surface area contributed by atoms with Crippen molar-refractivity contribution >= 4 is 23.7 Å². The van der Waals surface area contributed by atoms with E-state index in [9.17, 15) is 14.4 Å². The van der Waals surface area contributed by atoms with Crippen molar-refractivity contribution in [1.82, 2.24) is 5.32 Å². The summed E-state index contributed by atoms with van der Waals surface area (Å²) < 4.78 is 14.9. The van der Waals surface area contributed by atoms with Crippen molar-refractivity contribution < 1.29 is 28.6 Å². The van der Waals surface area contributed by atoms with E-state index < -0.39 is 17.7 Å². The van der Waals surface area contributed by atoms with E-state index >= 15 is 0 Å². The number of hydrogen-bond acceptors (Lipinski definition) is 6. The molecule has 28 heavy (non-hydrogen) atoms. The first-order valence-electron chi connectivity index (χ1n) is 9.08. The second kappa shape index (κ2) is 9.96. The third-order valence-corrected chi connectivity index (χ3v) is 3.59.